The number of hydrogen-bond donors (Lipinski definition) is 2. The van der Waals surface area contributed by atoms with E-state index in [1.165, 1.54) is 16.0 Å². The van der Waals surface area contributed by atoms with Gasteiger partial charge in [0.1, 0.15) is 23.3 Å². The summed E-state index contributed by atoms with van der Waals surface area (Å²) in [6.45, 7) is 4.60. The van der Waals surface area contributed by atoms with Gasteiger partial charge in [0.05, 0.1) is 13.2 Å². The molecule has 0 radical (unpaired) electrons. The van der Waals surface area contributed by atoms with Crippen LogP contribution in [0.1, 0.15) is 71.6 Å². The Hall–Kier alpha value is -5.41. The quantitative estimate of drug-likeness (QED) is 0.0812. The number of ether oxygens (including phenoxy) is 3. The zero-order valence-corrected chi connectivity index (χ0v) is 28.2. The predicted octanol–water partition coefficient (Wildman–Crippen LogP) is 6.78. The van der Waals surface area contributed by atoms with Gasteiger partial charge in [-0.05, 0) is 88.7 Å². The van der Waals surface area contributed by atoms with E-state index < -0.39 is 11.9 Å². The maximum absolute atomic E-state index is 12.9. The molecule has 0 spiro atoms. The minimum Gasteiger partial charge on any atom is -0.508 e. The number of amides is 3. The van der Waals surface area contributed by atoms with Crippen molar-refractivity contribution in [3.8, 4) is 17.2 Å². The average molecular weight is 675 g/mol. The summed E-state index contributed by atoms with van der Waals surface area (Å²) in [4.78, 5) is 38.2. The first-order valence-electron chi connectivity index (χ1n) is 17.2. The molecular weight excluding hydrogens is 632 g/mol. The Morgan fingerprint density at radius 1 is 0.780 bits per heavy atom. The summed E-state index contributed by atoms with van der Waals surface area (Å²) >= 11 is 0. The highest BCUT2D eigenvalue weighted by Crippen LogP contribution is 2.36. The number of hydrogen-bond acceptors (Lipinski definition) is 7. The predicted molar refractivity (Wildman–Crippen MR) is 191 cm³/mol. The minimum atomic E-state index is -0.632. The number of carbonyl (C=O) groups excluding carboxylic acids is 3. The number of allylic oxidation sites excluding steroid dienone is 1. The van der Waals surface area contributed by atoms with Crippen molar-refractivity contribution >= 4 is 28.9 Å². The molecule has 2 aliphatic rings. The largest absolute Gasteiger partial charge is 0.508 e. The number of nitrogens with zero attached hydrogens (tertiary/aromatic N) is 1. The molecule has 9 heteroatoms. The highest BCUT2D eigenvalue weighted by atomic mass is 16.5. The average Bonchev–Trinajstić information content (AvgIpc) is 3.45. The second kappa shape index (κ2) is 16.3. The zero-order chi connectivity index (χ0) is 34.9. The van der Waals surface area contributed by atoms with E-state index >= 15 is 0 Å². The number of carbonyl (C=O) groups is 3. The fourth-order valence-electron chi connectivity index (χ4n) is 6.47. The first-order valence-corrected chi connectivity index (χ1v) is 17.2. The third kappa shape index (κ3) is 8.23. The minimum absolute atomic E-state index is 0.197. The van der Waals surface area contributed by atoms with E-state index in [0.29, 0.717) is 57.1 Å². The lowest BCUT2D eigenvalue weighted by molar-refractivity contribution is -0.136. The summed E-state index contributed by atoms with van der Waals surface area (Å²) < 4.78 is 17.7. The smallest absolute Gasteiger partial charge is 0.255 e. The second-order valence-electron chi connectivity index (χ2n) is 12.4. The van der Waals surface area contributed by atoms with Crippen LogP contribution < -0.4 is 14.8 Å². The lowest BCUT2D eigenvalue weighted by Gasteiger charge is -2.29. The number of nitrogens with one attached hydrogen (secondary N) is 1. The van der Waals surface area contributed by atoms with Crippen molar-refractivity contribution in [2.24, 2.45) is 0 Å². The Bertz CT molecular complexity index is 1840. The van der Waals surface area contributed by atoms with Gasteiger partial charge in [-0.3, -0.25) is 19.7 Å². The van der Waals surface area contributed by atoms with Crippen molar-refractivity contribution in [3.05, 3.63) is 125 Å². The standard InChI is InChI=1S/C41H42N2O7/c1-2-35(28-8-4-3-5-9-28)39(29-10-14-32(44)15-11-29)30-12-16-33(17-13-30)49-24-6-22-48-23-7-25-50-34-18-19-36-31(26-34)27-43(41(36)47)37-20-21-38(45)42-40(37)46/h3-5,8-19,26,37,44H,2,6-7,20-25,27H2,1H3,(H,42,45,46)/b39-35-. The van der Waals surface area contributed by atoms with Gasteiger partial charge in [-0.15, -0.1) is 0 Å². The molecule has 0 aliphatic carbocycles. The number of rotatable bonds is 15. The number of piperidine rings is 1. The van der Waals surface area contributed by atoms with Crippen molar-refractivity contribution in [3.63, 3.8) is 0 Å². The van der Waals surface area contributed by atoms with Crippen LogP contribution >= 0.6 is 0 Å². The van der Waals surface area contributed by atoms with Crippen molar-refractivity contribution in [2.45, 2.75) is 51.6 Å². The van der Waals surface area contributed by atoms with Gasteiger partial charge in [0.25, 0.3) is 5.91 Å². The maximum Gasteiger partial charge on any atom is 0.255 e. The Kier molecular flexibility index (Phi) is 11.3. The van der Waals surface area contributed by atoms with Gasteiger partial charge in [-0.2, -0.15) is 0 Å². The topological polar surface area (TPSA) is 114 Å². The third-order valence-electron chi connectivity index (χ3n) is 8.98. The molecule has 1 fully saturated rings. The Balaban J connectivity index is 0.923. The number of fused-ring (bicyclic) bond motifs is 1. The van der Waals surface area contributed by atoms with E-state index in [-0.39, 0.29) is 24.0 Å². The van der Waals surface area contributed by atoms with E-state index in [4.69, 9.17) is 14.2 Å². The van der Waals surface area contributed by atoms with Crippen LogP contribution in [0.5, 0.6) is 17.2 Å². The summed E-state index contributed by atoms with van der Waals surface area (Å²) in [5.41, 5.74) is 7.04. The lowest BCUT2D eigenvalue weighted by Crippen LogP contribution is -2.52. The van der Waals surface area contributed by atoms with E-state index in [2.05, 4.69) is 48.6 Å². The van der Waals surface area contributed by atoms with Gasteiger partial charge in [0.2, 0.25) is 11.8 Å². The fourth-order valence-corrected chi connectivity index (χ4v) is 6.47. The third-order valence-corrected chi connectivity index (χ3v) is 8.98. The SMILES string of the molecule is CC/C(=C(\c1ccc(O)cc1)c1ccc(OCCCOCCCOc2ccc3c(c2)CN(C2CCC(=O)NC2=O)C3=O)cc1)c1ccccc1. The van der Waals surface area contributed by atoms with Crippen LogP contribution in [0, 0.1) is 0 Å². The molecule has 2 N–H and O–H groups in total. The highest BCUT2D eigenvalue weighted by molar-refractivity contribution is 6.05. The van der Waals surface area contributed by atoms with E-state index in [0.717, 1.165) is 40.9 Å². The monoisotopic (exact) mass is 674 g/mol. The first kappa shape index (κ1) is 34.5. The van der Waals surface area contributed by atoms with Gasteiger partial charge in [0.15, 0.2) is 0 Å². The van der Waals surface area contributed by atoms with Gasteiger partial charge >= 0.3 is 0 Å². The van der Waals surface area contributed by atoms with Crippen molar-refractivity contribution in [2.75, 3.05) is 26.4 Å². The van der Waals surface area contributed by atoms with Crippen LogP contribution in [-0.2, 0) is 20.9 Å². The Morgan fingerprint density at radius 3 is 2.08 bits per heavy atom. The molecule has 3 amide bonds. The molecular formula is C41H42N2O7. The van der Waals surface area contributed by atoms with E-state index in [1.807, 2.05) is 36.4 Å². The van der Waals surface area contributed by atoms with Gasteiger partial charge in [-0.1, -0.05) is 61.5 Å². The summed E-state index contributed by atoms with van der Waals surface area (Å²) in [5.74, 6) is 0.782. The van der Waals surface area contributed by atoms with Crippen LogP contribution in [0.15, 0.2) is 97.1 Å². The summed E-state index contributed by atoms with van der Waals surface area (Å²) in [5, 5.41) is 12.2. The summed E-state index contributed by atoms with van der Waals surface area (Å²) in [7, 11) is 0. The van der Waals surface area contributed by atoms with Crippen LogP contribution in [0.4, 0.5) is 0 Å². The number of phenolic OH excluding ortho intramolecular Hbond substituents is 1. The molecule has 0 aromatic heterocycles. The molecule has 4 aromatic carbocycles. The molecule has 9 nitrogen and oxygen atoms in total. The molecule has 0 saturated carbocycles. The molecule has 50 heavy (non-hydrogen) atoms. The molecule has 0 bridgehead atoms. The number of phenols is 1. The molecule has 258 valence electrons. The Morgan fingerprint density at radius 2 is 1.42 bits per heavy atom. The highest BCUT2D eigenvalue weighted by Gasteiger charge is 2.39. The van der Waals surface area contributed by atoms with E-state index in [9.17, 15) is 19.5 Å². The zero-order valence-electron chi connectivity index (χ0n) is 28.2. The van der Waals surface area contributed by atoms with Crippen LogP contribution in [0.25, 0.3) is 11.1 Å². The van der Waals surface area contributed by atoms with Gasteiger partial charge in [-0.25, -0.2) is 0 Å². The molecule has 1 atom stereocenters. The van der Waals surface area contributed by atoms with Crippen LogP contribution in [0.3, 0.4) is 0 Å². The van der Waals surface area contributed by atoms with Gasteiger partial charge in [0, 0.05) is 44.6 Å². The normalized spacial score (nSPS) is 16.1. The fraction of sp³-hybridized carbons (Fsp3) is 0.293. The second-order valence-corrected chi connectivity index (χ2v) is 12.4. The number of aromatic hydroxyl groups is 1. The summed E-state index contributed by atoms with van der Waals surface area (Å²) in [6.07, 6.45) is 2.88. The number of imide groups is 1. The molecule has 6 rings (SSSR count). The first-order chi connectivity index (χ1) is 24.4. The molecule has 2 heterocycles. The molecule has 4 aromatic rings. The molecule has 1 unspecified atom stereocenters. The van der Waals surface area contributed by atoms with Crippen LogP contribution in [0.2, 0.25) is 0 Å². The van der Waals surface area contributed by atoms with Crippen LogP contribution in [-0.4, -0.2) is 60.2 Å². The van der Waals surface area contributed by atoms with E-state index in [1.54, 1.807) is 24.3 Å². The van der Waals surface area contributed by atoms with Crippen molar-refractivity contribution in [1.82, 2.24) is 10.2 Å². The lowest BCUT2D eigenvalue weighted by atomic mass is 9.88. The molecule has 1 saturated heterocycles. The van der Waals surface area contributed by atoms with Gasteiger partial charge < -0.3 is 24.2 Å². The van der Waals surface area contributed by atoms with Crippen molar-refractivity contribution in [1.29, 1.82) is 0 Å². The maximum atomic E-state index is 12.9. The number of benzene rings is 4. The Labute approximate surface area is 292 Å². The molecule has 2 aliphatic heterocycles. The summed E-state index contributed by atoms with van der Waals surface area (Å²) in [6, 6.07) is 30.6. The van der Waals surface area contributed by atoms with Crippen molar-refractivity contribution < 1.29 is 33.7 Å².